The first-order valence-corrected chi connectivity index (χ1v) is 8.88. The molecule has 0 aliphatic heterocycles. The zero-order valence-electron chi connectivity index (χ0n) is 13.7. The lowest BCUT2D eigenvalue weighted by Crippen LogP contribution is -2.30. The van der Waals surface area contributed by atoms with Crippen LogP contribution in [0.4, 0.5) is 5.69 Å². The zero-order valence-corrected chi connectivity index (χ0v) is 14.6. The molecule has 0 radical (unpaired) electrons. The van der Waals surface area contributed by atoms with E-state index in [1.54, 1.807) is 44.2 Å². The Bertz CT molecular complexity index is 832. The number of methoxy groups -OCH3 is 1. The summed E-state index contributed by atoms with van der Waals surface area (Å²) in [5, 5.41) is 2.72. The third-order valence-corrected chi connectivity index (χ3v) is 4.81. The summed E-state index contributed by atoms with van der Waals surface area (Å²) in [5.74, 6) is 0.109. The van der Waals surface area contributed by atoms with Gasteiger partial charge in [0.25, 0.3) is 5.91 Å². The highest BCUT2D eigenvalue weighted by molar-refractivity contribution is 7.89. The molecule has 0 fully saturated rings. The van der Waals surface area contributed by atoms with E-state index >= 15 is 0 Å². The van der Waals surface area contributed by atoms with Crippen LogP contribution in [0, 0.1) is 0 Å². The van der Waals surface area contributed by atoms with Crippen LogP contribution < -0.4 is 14.8 Å². The first-order valence-electron chi connectivity index (χ1n) is 7.40. The summed E-state index contributed by atoms with van der Waals surface area (Å²) in [7, 11) is -2.15. The van der Waals surface area contributed by atoms with Gasteiger partial charge in [-0.1, -0.05) is 18.2 Å². The van der Waals surface area contributed by atoms with Gasteiger partial charge < -0.3 is 10.1 Å². The van der Waals surface area contributed by atoms with Crippen molar-refractivity contribution >= 4 is 21.6 Å². The number of hydrogen-bond donors (Lipinski definition) is 2. The van der Waals surface area contributed by atoms with Crippen molar-refractivity contribution in [2.24, 2.45) is 0 Å². The number of ether oxygens (including phenoxy) is 1. The number of para-hydroxylation sites is 2. The summed E-state index contributed by atoms with van der Waals surface area (Å²) >= 11 is 0. The van der Waals surface area contributed by atoms with Crippen LogP contribution in [-0.2, 0) is 10.0 Å². The Morgan fingerprint density at radius 2 is 1.79 bits per heavy atom. The molecule has 6 nitrogen and oxygen atoms in total. The van der Waals surface area contributed by atoms with E-state index in [1.807, 2.05) is 0 Å². The molecule has 0 heterocycles. The summed E-state index contributed by atoms with van der Waals surface area (Å²) in [5.41, 5.74) is 0.756. The molecule has 0 spiro atoms. The minimum Gasteiger partial charge on any atom is -0.495 e. The third kappa shape index (κ3) is 4.33. The van der Waals surface area contributed by atoms with Crippen LogP contribution in [0.1, 0.15) is 24.2 Å². The summed E-state index contributed by atoms with van der Waals surface area (Å²) in [6, 6.07) is 12.6. The van der Waals surface area contributed by atoms with E-state index < -0.39 is 15.9 Å². The molecule has 2 aromatic carbocycles. The van der Waals surface area contributed by atoms with Gasteiger partial charge in [-0.25, -0.2) is 13.1 Å². The minimum atomic E-state index is -3.66. The summed E-state index contributed by atoms with van der Waals surface area (Å²) in [6.07, 6.45) is 0. The molecule has 0 aliphatic rings. The molecule has 0 aliphatic carbocycles. The number of hydrogen-bond acceptors (Lipinski definition) is 4. The second kappa shape index (κ2) is 7.46. The Kier molecular flexibility index (Phi) is 5.58. The third-order valence-electron chi connectivity index (χ3n) is 3.15. The Labute approximate surface area is 141 Å². The Hall–Kier alpha value is -2.38. The number of amides is 1. The van der Waals surface area contributed by atoms with E-state index in [1.165, 1.54) is 25.3 Å². The maximum absolute atomic E-state index is 12.4. The van der Waals surface area contributed by atoms with Crippen LogP contribution in [0.3, 0.4) is 0 Å². The number of carbonyl (C=O) groups is 1. The Morgan fingerprint density at radius 3 is 2.46 bits per heavy atom. The normalized spacial score (nSPS) is 11.3. The predicted octanol–water partition coefficient (Wildman–Crippen LogP) is 2.63. The van der Waals surface area contributed by atoms with Crippen LogP contribution in [-0.4, -0.2) is 27.5 Å². The molecule has 2 aromatic rings. The van der Waals surface area contributed by atoms with E-state index in [9.17, 15) is 13.2 Å². The Morgan fingerprint density at radius 1 is 1.08 bits per heavy atom. The number of rotatable bonds is 6. The van der Waals surface area contributed by atoms with E-state index in [0.29, 0.717) is 11.4 Å². The lowest BCUT2D eigenvalue weighted by atomic mass is 10.2. The molecule has 0 unspecified atom stereocenters. The summed E-state index contributed by atoms with van der Waals surface area (Å²) in [6.45, 7) is 3.46. The van der Waals surface area contributed by atoms with E-state index in [0.717, 1.165) is 0 Å². The first kappa shape index (κ1) is 18.0. The number of benzene rings is 2. The lowest BCUT2D eigenvalue weighted by Gasteiger charge is -2.12. The molecule has 0 atom stereocenters. The van der Waals surface area contributed by atoms with Crippen molar-refractivity contribution in [3.8, 4) is 5.75 Å². The zero-order chi connectivity index (χ0) is 17.7. The summed E-state index contributed by atoms with van der Waals surface area (Å²) in [4.78, 5) is 12.4. The van der Waals surface area contributed by atoms with Gasteiger partial charge in [0.1, 0.15) is 5.75 Å². The van der Waals surface area contributed by atoms with Crippen molar-refractivity contribution < 1.29 is 17.9 Å². The van der Waals surface area contributed by atoms with Crippen molar-refractivity contribution in [3.05, 3.63) is 54.1 Å². The molecule has 0 bridgehead atoms. The lowest BCUT2D eigenvalue weighted by molar-refractivity contribution is 0.102. The van der Waals surface area contributed by atoms with Gasteiger partial charge in [0, 0.05) is 11.6 Å². The minimum absolute atomic E-state index is 0.0453. The quantitative estimate of drug-likeness (QED) is 0.840. The van der Waals surface area contributed by atoms with Crippen molar-refractivity contribution in [1.29, 1.82) is 0 Å². The van der Waals surface area contributed by atoms with Crippen molar-refractivity contribution in [1.82, 2.24) is 4.72 Å². The molecule has 1 amide bonds. The molecular formula is C17H20N2O4S. The van der Waals surface area contributed by atoms with Gasteiger partial charge in [0.05, 0.1) is 17.7 Å². The molecule has 7 heteroatoms. The van der Waals surface area contributed by atoms with Crippen molar-refractivity contribution in [3.63, 3.8) is 0 Å². The van der Waals surface area contributed by atoms with E-state index in [4.69, 9.17) is 4.74 Å². The fourth-order valence-electron chi connectivity index (χ4n) is 2.13. The van der Waals surface area contributed by atoms with Crippen LogP contribution >= 0.6 is 0 Å². The number of carbonyl (C=O) groups excluding carboxylic acids is 1. The second-order valence-electron chi connectivity index (χ2n) is 5.46. The smallest absolute Gasteiger partial charge is 0.255 e. The topological polar surface area (TPSA) is 84.5 Å². The van der Waals surface area contributed by atoms with Crippen molar-refractivity contribution in [2.75, 3.05) is 12.4 Å². The van der Waals surface area contributed by atoms with E-state index in [-0.39, 0.29) is 16.5 Å². The monoisotopic (exact) mass is 348 g/mol. The first-order chi connectivity index (χ1) is 11.3. The van der Waals surface area contributed by atoms with Crippen LogP contribution in [0.15, 0.2) is 53.4 Å². The van der Waals surface area contributed by atoms with Crippen LogP contribution in [0.25, 0.3) is 0 Å². The van der Waals surface area contributed by atoms with Crippen LogP contribution in [0.5, 0.6) is 5.75 Å². The number of anilines is 1. The fourth-order valence-corrected chi connectivity index (χ4v) is 3.42. The molecule has 2 rings (SSSR count). The molecule has 24 heavy (non-hydrogen) atoms. The molecule has 128 valence electrons. The molecule has 2 N–H and O–H groups in total. The van der Waals surface area contributed by atoms with Gasteiger partial charge in [-0.15, -0.1) is 0 Å². The maximum Gasteiger partial charge on any atom is 0.255 e. The molecular weight excluding hydrogens is 328 g/mol. The van der Waals surface area contributed by atoms with Gasteiger partial charge >= 0.3 is 0 Å². The van der Waals surface area contributed by atoms with Gasteiger partial charge in [0.15, 0.2) is 0 Å². The fraction of sp³-hybridized carbons (Fsp3) is 0.235. The molecule has 0 aromatic heterocycles. The SMILES string of the molecule is COc1ccccc1NC(=O)c1cccc(S(=O)(=O)NC(C)C)c1. The van der Waals surface area contributed by atoms with Crippen LogP contribution in [0.2, 0.25) is 0 Å². The highest BCUT2D eigenvalue weighted by Gasteiger charge is 2.17. The molecule has 0 saturated heterocycles. The summed E-state index contributed by atoms with van der Waals surface area (Å²) < 4.78 is 32.1. The standard InChI is InChI=1S/C17H20N2O4S/c1-12(2)19-24(21,22)14-8-6-7-13(11-14)17(20)18-15-9-4-5-10-16(15)23-3/h4-12,19H,1-3H3,(H,18,20). The highest BCUT2D eigenvalue weighted by Crippen LogP contribution is 2.24. The highest BCUT2D eigenvalue weighted by atomic mass is 32.2. The Balaban J connectivity index is 2.27. The predicted molar refractivity (Wildman–Crippen MR) is 92.8 cm³/mol. The average molecular weight is 348 g/mol. The van der Waals surface area contributed by atoms with Gasteiger partial charge in [-0.3, -0.25) is 4.79 Å². The number of sulfonamides is 1. The maximum atomic E-state index is 12.4. The van der Waals surface area contributed by atoms with Gasteiger partial charge in [0.2, 0.25) is 10.0 Å². The number of nitrogens with one attached hydrogen (secondary N) is 2. The van der Waals surface area contributed by atoms with Crippen molar-refractivity contribution in [2.45, 2.75) is 24.8 Å². The molecule has 0 saturated carbocycles. The van der Waals surface area contributed by atoms with Gasteiger partial charge in [-0.05, 0) is 44.2 Å². The van der Waals surface area contributed by atoms with E-state index in [2.05, 4.69) is 10.0 Å². The van der Waals surface area contributed by atoms with Gasteiger partial charge in [-0.2, -0.15) is 0 Å². The largest absolute Gasteiger partial charge is 0.495 e. The average Bonchev–Trinajstić information content (AvgIpc) is 2.54. The second-order valence-corrected chi connectivity index (χ2v) is 7.17.